The summed E-state index contributed by atoms with van der Waals surface area (Å²) in [7, 11) is 0. The number of carbonyl (C=O) groups excluding carboxylic acids is 1. The first-order valence-corrected chi connectivity index (χ1v) is 8.17. The van der Waals surface area contributed by atoms with Crippen LogP contribution in [0.5, 0.6) is 0 Å². The largest absolute Gasteiger partial charge is 0.481 e. The molecule has 0 unspecified atom stereocenters. The molecule has 0 bridgehead atoms. The number of rotatable bonds is 4. The van der Waals surface area contributed by atoms with Crippen molar-refractivity contribution in [3.63, 3.8) is 0 Å². The number of aliphatic carboxylic acids is 1. The van der Waals surface area contributed by atoms with E-state index in [1.54, 1.807) is 42.5 Å². The van der Waals surface area contributed by atoms with Crippen molar-refractivity contribution in [2.75, 3.05) is 5.32 Å². The molecule has 1 aliphatic rings. The fourth-order valence-electron chi connectivity index (χ4n) is 2.18. The van der Waals surface area contributed by atoms with Crippen LogP contribution in [-0.4, -0.2) is 22.2 Å². The van der Waals surface area contributed by atoms with Crippen molar-refractivity contribution < 1.29 is 19.1 Å². The van der Waals surface area contributed by atoms with Crippen LogP contribution in [0.3, 0.4) is 0 Å². The van der Waals surface area contributed by atoms with E-state index in [4.69, 9.17) is 5.11 Å². The SMILES string of the molecule is O=C(O)Cc1ccc(NC2=NC(=O)/C(=C/c3ccc(F)cc3)S2)cc1. The number of aliphatic imine (C=N–C) groups is 1. The average molecular weight is 356 g/mol. The number of halogens is 1. The predicted octanol–water partition coefficient (Wildman–Crippen LogP) is 3.54. The van der Waals surface area contributed by atoms with Crippen molar-refractivity contribution in [1.29, 1.82) is 0 Å². The highest BCUT2D eigenvalue weighted by Gasteiger charge is 2.21. The molecule has 3 rings (SSSR count). The first-order valence-electron chi connectivity index (χ1n) is 7.35. The molecule has 0 saturated carbocycles. The maximum Gasteiger partial charge on any atom is 0.307 e. The molecular weight excluding hydrogens is 343 g/mol. The van der Waals surface area contributed by atoms with Crippen LogP contribution in [0.4, 0.5) is 10.1 Å². The normalized spacial score (nSPS) is 15.3. The number of nitrogens with one attached hydrogen (secondary N) is 1. The van der Waals surface area contributed by atoms with Crippen LogP contribution in [0, 0.1) is 5.82 Å². The molecule has 7 heteroatoms. The van der Waals surface area contributed by atoms with E-state index in [1.165, 1.54) is 23.9 Å². The van der Waals surface area contributed by atoms with Gasteiger partial charge in [0.05, 0.1) is 11.3 Å². The topological polar surface area (TPSA) is 78.8 Å². The number of benzene rings is 2. The highest BCUT2D eigenvalue weighted by Crippen LogP contribution is 2.29. The van der Waals surface area contributed by atoms with Gasteiger partial charge in [0, 0.05) is 5.69 Å². The molecule has 2 aromatic rings. The van der Waals surface area contributed by atoms with Crippen LogP contribution in [0.1, 0.15) is 11.1 Å². The number of carbonyl (C=O) groups is 2. The van der Waals surface area contributed by atoms with Gasteiger partial charge >= 0.3 is 5.97 Å². The zero-order chi connectivity index (χ0) is 17.8. The van der Waals surface area contributed by atoms with Gasteiger partial charge in [0.25, 0.3) is 5.91 Å². The van der Waals surface area contributed by atoms with Gasteiger partial charge in [-0.25, -0.2) is 4.39 Å². The van der Waals surface area contributed by atoms with E-state index in [9.17, 15) is 14.0 Å². The number of thioether (sulfide) groups is 1. The van der Waals surface area contributed by atoms with E-state index in [1.807, 2.05) is 0 Å². The zero-order valence-electron chi connectivity index (χ0n) is 12.9. The Morgan fingerprint density at radius 3 is 2.48 bits per heavy atom. The maximum absolute atomic E-state index is 12.9. The van der Waals surface area contributed by atoms with Gasteiger partial charge in [-0.3, -0.25) is 9.59 Å². The Hall–Kier alpha value is -2.93. The number of carboxylic acids is 1. The minimum absolute atomic E-state index is 0.0426. The Morgan fingerprint density at radius 1 is 1.16 bits per heavy atom. The summed E-state index contributed by atoms with van der Waals surface area (Å²) in [6.45, 7) is 0. The lowest BCUT2D eigenvalue weighted by atomic mass is 10.1. The molecule has 126 valence electrons. The van der Waals surface area contributed by atoms with E-state index < -0.39 is 5.97 Å². The van der Waals surface area contributed by atoms with Crippen molar-refractivity contribution in [3.05, 3.63) is 70.4 Å². The molecule has 1 amide bonds. The Balaban J connectivity index is 1.66. The quantitative estimate of drug-likeness (QED) is 0.820. The second-order valence-electron chi connectivity index (χ2n) is 5.28. The van der Waals surface area contributed by atoms with Gasteiger partial charge in [-0.1, -0.05) is 24.3 Å². The molecule has 5 nitrogen and oxygen atoms in total. The summed E-state index contributed by atoms with van der Waals surface area (Å²) in [5.41, 5.74) is 2.11. The number of anilines is 1. The summed E-state index contributed by atoms with van der Waals surface area (Å²) < 4.78 is 12.9. The number of hydrogen-bond acceptors (Lipinski definition) is 4. The number of amides is 1. The minimum atomic E-state index is -0.891. The van der Waals surface area contributed by atoms with Crippen molar-refractivity contribution in [3.8, 4) is 0 Å². The van der Waals surface area contributed by atoms with Gasteiger partial charge in [-0.15, -0.1) is 0 Å². The van der Waals surface area contributed by atoms with Gasteiger partial charge in [0.15, 0.2) is 5.17 Å². The van der Waals surface area contributed by atoms with E-state index in [0.29, 0.717) is 26.9 Å². The molecule has 0 aliphatic carbocycles. The summed E-state index contributed by atoms with van der Waals surface area (Å²) in [5, 5.41) is 12.2. The fraction of sp³-hybridized carbons (Fsp3) is 0.0556. The highest BCUT2D eigenvalue weighted by atomic mass is 32.2. The summed E-state index contributed by atoms with van der Waals surface area (Å²) in [4.78, 5) is 27.0. The molecule has 0 saturated heterocycles. The number of hydrogen-bond donors (Lipinski definition) is 2. The first kappa shape index (κ1) is 16.9. The molecule has 2 aromatic carbocycles. The van der Waals surface area contributed by atoms with E-state index in [-0.39, 0.29) is 18.1 Å². The molecule has 0 aromatic heterocycles. The van der Waals surface area contributed by atoms with Gasteiger partial charge in [-0.05, 0) is 53.2 Å². The van der Waals surface area contributed by atoms with Crippen LogP contribution in [-0.2, 0) is 16.0 Å². The van der Waals surface area contributed by atoms with Crippen molar-refractivity contribution >= 4 is 40.6 Å². The van der Waals surface area contributed by atoms with Gasteiger partial charge < -0.3 is 10.4 Å². The average Bonchev–Trinajstić information content (AvgIpc) is 2.90. The summed E-state index contributed by atoms with van der Waals surface area (Å²) >= 11 is 1.19. The van der Waals surface area contributed by atoms with Gasteiger partial charge in [0.1, 0.15) is 5.82 Å². The van der Waals surface area contributed by atoms with Crippen molar-refractivity contribution in [1.82, 2.24) is 0 Å². The number of carboxylic acid groups (broad SMARTS) is 1. The van der Waals surface area contributed by atoms with Crippen molar-refractivity contribution in [2.45, 2.75) is 6.42 Å². The molecule has 25 heavy (non-hydrogen) atoms. The smallest absolute Gasteiger partial charge is 0.307 e. The molecule has 1 aliphatic heterocycles. The van der Waals surface area contributed by atoms with Crippen LogP contribution in [0.15, 0.2) is 58.4 Å². The third-order valence-corrected chi connectivity index (χ3v) is 4.25. The van der Waals surface area contributed by atoms with Crippen LogP contribution in [0.2, 0.25) is 0 Å². The van der Waals surface area contributed by atoms with Crippen LogP contribution >= 0.6 is 11.8 Å². The lowest BCUT2D eigenvalue weighted by Gasteiger charge is -2.05. The van der Waals surface area contributed by atoms with E-state index in [0.717, 1.165) is 0 Å². The predicted molar refractivity (Wildman–Crippen MR) is 95.8 cm³/mol. The summed E-state index contributed by atoms with van der Waals surface area (Å²) in [6.07, 6.45) is 1.61. The molecule has 2 N–H and O–H groups in total. The van der Waals surface area contributed by atoms with Crippen LogP contribution in [0.25, 0.3) is 6.08 Å². The Bertz CT molecular complexity index is 874. The second-order valence-corrected chi connectivity index (χ2v) is 6.31. The van der Waals surface area contributed by atoms with Crippen LogP contribution < -0.4 is 5.32 Å². The van der Waals surface area contributed by atoms with Gasteiger partial charge in [0.2, 0.25) is 0 Å². The third kappa shape index (κ3) is 4.54. The number of nitrogens with zero attached hydrogens (tertiary/aromatic N) is 1. The molecule has 0 radical (unpaired) electrons. The Morgan fingerprint density at radius 2 is 1.84 bits per heavy atom. The van der Waals surface area contributed by atoms with Crippen molar-refractivity contribution in [2.24, 2.45) is 4.99 Å². The molecule has 1 heterocycles. The molecule has 0 atom stereocenters. The van der Waals surface area contributed by atoms with E-state index >= 15 is 0 Å². The highest BCUT2D eigenvalue weighted by molar-refractivity contribution is 8.18. The third-order valence-electron chi connectivity index (χ3n) is 3.35. The molecule has 0 spiro atoms. The Labute approximate surface area is 147 Å². The van der Waals surface area contributed by atoms with E-state index in [2.05, 4.69) is 10.3 Å². The summed E-state index contributed by atoms with van der Waals surface area (Å²) in [6, 6.07) is 12.7. The lowest BCUT2D eigenvalue weighted by Crippen LogP contribution is -2.05. The first-order chi connectivity index (χ1) is 12.0. The number of amidine groups is 1. The second kappa shape index (κ2) is 7.31. The monoisotopic (exact) mass is 356 g/mol. The fourth-order valence-corrected chi connectivity index (χ4v) is 3.01. The molecular formula is C18H13FN2O3S. The lowest BCUT2D eigenvalue weighted by molar-refractivity contribution is -0.136. The standard InChI is InChI=1S/C18H13FN2O3S/c19-13-5-1-11(2-6-13)9-15-17(24)21-18(25-15)20-14-7-3-12(4-8-14)10-16(22)23/h1-9H,10H2,(H,22,23)(H,20,21,24)/b15-9-. The Kier molecular flexibility index (Phi) is 4.95. The minimum Gasteiger partial charge on any atom is -0.481 e. The summed E-state index contributed by atoms with van der Waals surface area (Å²) in [5.74, 6) is -1.59. The maximum atomic E-state index is 12.9. The zero-order valence-corrected chi connectivity index (χ0v) is 13.7. The molecule has 0 fully saturated rings. The van der Waals surface area contributed by atoms with Gasteiger partial charge in [-0.2, -0.15) is 4.99 Å².